The van der Waals surface area contributed by atoms with E-state index in [0.29, 0.717) is 0 Å². The minimum atomic E-state index is -5.48. The van der Waals surface area contributed by atoms with E-state index in [1.54, 1.807) is 0 Å². The lowest BCUT2D eigenvalue weighted by Gasteiger charge is -2.36. The van der Waals surface area contributed by atoms with Gasteiger partial charge in [0.1, 0.15) is 0 Å². The third-order valence-corrected chi connectivity index (χ3v) is 1.83. The molecule has 0 saturated carbocycles. The number of amides is 3. The van der Waals surface area contributed by atoms with E-state index in [-0.39, 0.29) is 0 Å². The van der Waals surface area contributed by atoms with Crippen molar-refractivity contribution in [3.63, 3.8) is 0 Å². The van der Waals surface area contributed by atoms with Crippen LogP contribution in [0.1, 0.15) is 0 Å². The van der Waals surface area contributed by atoms with Crippen molar-refractivity contribution in [2.45, 2.75) is 18.1 Å². The molecule has 0 radical (unpaired) electrons. The topological polar surface area (TPSA) is 67.4 Å². The molecule has 2 N–H and O–H groups in total. The van der Waals surface area contributed by atoms with Gasteiger partial charge >= 0.3 is 17.9 Å². The Hall–Kier alpha value is -1.38. The first-order valence-electron chi connectivity index (χ1n) is 3.64. The van der Waals surface area contributed by atoms with Gasteiger partial charge in [0.2, 0.25) is 0 Å². The average molecular weight is 230 g/mol. The predicted octanol–water partition coefficient (Wildman–Crippen LogP) is 0.0689. The minimum absolute atomic E-state index is 0.740. The highest BCUT2D eigenvalue weighted by atomic mass is 19.4. The quantitative estimate of drug-likeness (QED) is 0.626. The van der Waals surface area contributed by atoms with Crippen molar-refractivity contribution >= 4 is 11.9 Å². The number of hydrogen-bond donors (Lipinski definition) is 2. The number of nitrogens with one attached hydrogen (secondary N) is 2. The van der Waals surface area contributed by atoms with E-state index in [4.69, 9.17) is 0 Å². The number of rotatable bonds is 1. The first-order chi connectivity index (χ1) is 6.73. The number of imide groups is 1. The summed E-state index contributed by atoms with van der Waals surface area (Å²) in [6.07, 6.45) is -7.87. The fourth-order valence-electron chi connectivity index (χ4n) is 1.07. The van der Waals surface area contributed by atoms with Gasteiger partial charge in [-0.1, -0.05) is 0 Å². The molecular formula is C6H6F4N2O3. The van der Waals surface area contributed by atoms with Crippen LogP contribution in [0.15, 0.2) is 0 Å². The summed E-state index contributed by atoms with van der Waals surface area (Å²) in [5.41, 5.74) is -4.28. The van der Waals surface area contributed by atoms with Gasteiger partial charge < -0.3 is 10.1 Å². The summed E-state index contributed by atoms with van der Waals surface area (Å²) in [4.78, 5) is 21.4. The summed E-state index contributed by atoms with van der Waals surface area (Å²) in [5.74, 6) is -2.09. The molecule has 1 rings (SSSR count). The van der Waals surface area contributed by atoms with Crippen LogP contribution in [0.2, 0.25) is 0 Å². The number of halogens is 4. The lowest BCUT2D eigenvalue weighted by Crippen LogP contribution is -2.72. The largest absolute Gasteiger partial charge is 0.436 e. The predicted molar refractivity (Wildman–Crippen MR) is 37.4 cm³/mol. The summed E-state index contributed by atoms with van der Waals surface area (Å²) in [7, 11) is 0.740. The first-order valence-corrected chi connectivity index (χ1v) is 3.64. The molecule has 5 nitrogen and oxygen atoms in total. The summed E-state index contributed by atoms with van der Waals surface area (Å²) in [6, 6.07) is -1.25. The van der Waals surface area contributed by atoms with Crippen molar-refractivity contribution in [2.24, 2.45) is 0 Å². The van der Waals surface area contributed by atoms with Gasteiger partial charge in [0, 0.05) is 7.11 Å². The highest BCUT2D eigenvalue weighted by Gasteiger charge is 2.69. The zero-order valence-corrected chi connectivity index (χ0v) is 7.31. The van der Waals surface area contributed by atoms with E-state index in [9.17, 15) is 27.2 Å². The zero-order chi connectivity index (χ0) is 11.9. The molecule has 0 unspecified atom stereocenters. The Morgan fingerprint density at radius 3 is 2.33 bits per heavy atom. The van der Waals surface area contributed by atoms with Gasteiger partial charge in [-0.2, -0.15) is 13.2 Å². The fraction of sp³-hybridized carbons (Fsp3) is 0.667. The molecule has 0 spiro atoms. The Balaban J connectivity index is 3.12. The molecule has 9 heteroatoms. The second-order valence-electron chi connectivity index (χ2n) is 2.75. The zero-order valence-electron chi connectivity index (χ0n) is 7.31. The van der Waals surface area contributed by atoms with E-state index in [1.807, 2.05) is 0 Å². The molecule has 1 fully saturated rings. The van der Waals surface area contributed by atoms with E-state index in [1.165, 1.54) is 10.6 Å². The van der Waals surface area contributed by atoms with Crippen LogP contribution < -0.4 is 10.6 Å². The Kier molecular flexibility index (Phi) is 2.60. The smallest absolute Gasteiger partial charge is 0.357 e. The summed E-state index contributed by atoms with van der Waals surface area (Å²) >= 11 is 0. The van der Waals surface area contributed by atoms with Crippen molar-refractivity contribution in [3.05, 3.63) is 0 Å². The van der Waals surface area contributed by atoms with Crippen molar-refractivity contribution in [2.75, 3.05) is 7.11 Å². The molecule has 86 valence electrons. The monoisotopic (exact) mass is 230 g/mol. The van der Waals surface area contributed by atoms with Gasteiger partial charge in [-0.15, -0.1) is 0 Å². The molecule has 15 heavy (non-hydrogen) atoms. The van der Waals surface area contributed by atoms with Crippen molar-refractivity contribution in [1.29, 1.82) is 0 Å². The molecule has 1 aliphatic heterocycles. The number of carbonyl (C=O) groups excluding carboxylic acids is 2. The lowest BCUT2D eigenvalue weighted by atomic mass is 10.0. The van der Waals surface area contributed by atoms with Crippen LogP contribution in [-0.4, -0.2) is 37.1 Å². The summed E-state index contributed by atoms with van der Waals surface area (Å²) in [6.45, 7) is 0. The van der Waals surface area contributed by atoms with Crippen LogP contribution in [0.5, 0.6) is 0 Å². The highest BCUT2D eigenvalue weighted by molar-refractivity contribution is 6.02. The Morgan fingerprint density at radius 1 is 1.40 bits per heavy atom. The lowest BCUT2D eigenvalue weighted by molar-refractivity contribution is -0.259. The normalized spacial score (nSPS) is 32.2. The molecule has 0 aliphatic carbocycles. The maximum atomic E-state index is 13.4. The molecular weight excluding hydrogens is 224 g/mol. The van der Waals surface area contributed by atoms with Gasteiger partial charge in [0.05, 0.1) is 0 Å². The molecule has 1 aliphatic rings. The molecule has 1 heterocycles. The van der Waals surface area contributed by atoms with Crippen LogP contribution in [-0.2, 0) is 9.53 Å². The van der Waals surface area contributed by atoms with Crippen molar-refractivity contribution in [3.8, 4) is 0 Å². The average Bonchev–Trinajstić information content (AvgIpc) is 2.09. The van der Waals surface area contributed by atoms with Gasteiger partial charge in [-0.05, 0) is 0 Å². The number of urea groups is 1. The number of hydrogen-bond acceptors (Lipinski definition) is 3. The van der Waals surface area contributed by atoms with Crippen LogP contribution in [0.4, 0.5) is 22.4 Å². The van der Waals surface area contributed by atoms with E-state index in [0.717, 1.165) is 7.11 Å². The van der Waals surface area contributed by atoms with Crippen LogP contribution >= 0.6 is 0 Å². The summed E-state index contributed by atoms with van der Waals surface area (Å²) in [5, 5.41) is 2.68. The van der Waals surface area contributed by atoms with Crippen LogP contribution in [0.3, 0.4) is 0 Å². The number of methoxy groups -OCH3 is 1. The van der Waals surface area contributed by atoms with Crippen molar-refractivity contribution < 1.29 is 31.9 Å². The third kappa shape index (κ3) is 1.62. The molecule has 0 aromatic carbocycles. The molecule has 0 aromatic heterocycles. The number of ether oxygens (including phenoxy) is 1. The van der Waals surface area contributed by atoms with Gasteiger partial charge in [0.25, 0.3) is 5.91 Å². The van der Waals surface area contributed by atoms with Crippen LogP contribution in [0, 0.1) is 0 Å². The number of carbonyl (C=O) groups is 2. The molecule has 1 saturated heterocycles. The first kappa shape index (κ1) is 11.7. The third-order valence-electron chi connectivity index (χ3n) is 1.83. The standard InChI is InChI=1S/C6H6F4N2O3/c1-15-3-5(7,6(8,9)10)2(13)11-4(14)12-3/h3H,1H3,(H2,11,12,13,14)/t3-,5-/m0/s1. The Morgan fingerprint density at radius 2 is 1.93 bits per heavy atom. The molecule has 3 amide bonds. The maximum Gasteiger partial charge on any atom is 0.436 e. The Labute approximate surface area is 80.8 Å². The maximum absolute atomic E-state index is 13.4. The minimum Gasteiger partial charge on any atom is -0.357 e. The van der Waals surface area contributed by atoms with E-state index >= 15 is 0 Å². The van der Waals surface area contributed by atoms with Crippen molar-refractivity contribution in [1.82, 2.24) is 10.6 Å². The van der Waals surface area contributed by atoms with Gasteiger partial charge in [-0.25, -0.2) is 9.18 Å². The summed E-state index contributed by atoms with van der Waals surface area (Å²) < 4.78 is 54.3. The molecule has 0 aromatic rings. The second-order valence-corrected chi connectivity index (χ2v) is 2.75. The highest BCUT2D eigenvalue weighted by Crippen LogP contribution is 2.38. The molecule has 0 bridgehead atoms. The second kappa shape index (κ2) is 3.33. The number of alkyl halides is 4. The van der Waals surface area contributed by atoms with Gasteiger partial charge in [-0.3, -0.25) is 10.1 Å². The van der Waals surface area contributed by atoms with Gasteiger partial charge in [0.15, 0.2) is 6.23 Å². The van der Waals surface area contributed by atoms with E-state index < -0.39 is 30.0 Å². The van der Waals surface area contributed by atoms with E-state index in [2.05, 4.69) is 4.74 Å². The fourth-order valence-corrected chi connectivity index (χ4v) is 1.07. The van der Waals surface area contributed by atoms with Crippen LogP contribution in [0.25, 0.3) is 0 Å². The Bertz CT molecular complexity index is 305. The molecule has 2 atom stereocenters. The SMILES string of the molecule is CO[C@@H]1NC(=O)NC(=O)[C@@]1(F)C(F)(F)F.